The molecule has 0 amide bonds. The Hall–Kier alpha value is -0.470. The van der Waals surface area contributed by atoms with Gasteiger partial charge in [-0.15, -0.1) is 0 Å². The molecule has 0 aromatic heterocycles. The Kier molecular flexibility index (Phi) is 4.08. The monoisotopic (exact) mass is 244 g/mol. The quantitative estimate of drug-likeness (QED) is 0.694. The van der Waals surface area contributed by atoms with E-state index in [0.717, 1.165) is 18.4 Å². The number of benzene rings is 1. The molecular formula is C12H21O3P. The maximum absolute atomic E-state index is 10.1. The second-order valence-electron chi connectivity index (χ2n) is 4.25. The number of rotatable bonds is 5. The van der Waals surface area contributed by atoms with Crippen LogP contribution in [0, 0.1) is 0 Å². The van der Waals surface area contributed by atoms with Crippen LogP contribution < -0.4 is 5.30 Å². The zero-order chi connectivity index (χ0) is 12.3. The van der Waals surface area contributed by atoms with Crippen LogP contribution in [0.5, 0.6) is 0 Å². The van der Waals surface area contributed by atoms with Crippen LogP contribution in [0.3, 0.4) is 0 Å². The molecule has 1 aromatic carbocycles. The molecule has 3 nitrogen and oxygen atoms in total. The van der Waals surface area contributed by atoms with Crippen molar-refractivity contribution in [2.45, 2.75) is 33.1 Å². The summed E-state index contributed by atoms with van der Waals surface area (Å²) in [5, 5.41) is 0.331. The van der Waals surface area contributed by atoms with Gasteiger partial charge < -0.3 is 0 Å². The van der Waals surface area contributed by atoms with Crippen molar-refractivity contribution in [3.8, 4) is 0 Å². The maximum atomic E-state index is 10.1. The third kappa shape index (κ3) is 3.02. The average molecular weight is 244 g/mol. The zero-order valence-corrected chi connectivity index (χ0v) is 10.8. The first-order valence-electron chi connectivity index (χ1n) is 5.73. The predicted molar refractivity (Wildman–Crippen MR) is 68.8 cm³/mol. The molecule has 0 saturated carbocycles. The van der Waals surface area contributed by atoms with Gasteiger partial charge in [-0.3, -0.25) is 0 Å². The first-order valence-corrected chi connectivity index (χ1v) is 8.01. The fourth-order valence-electron chi connectivity index (χ4n) is 1.97. The normalized spacial score (nSPS) is 14.4. The van der Waals surface area contributed by atoms with Gasteiger partial charge in [0.05, 0.1) is 0 Å². The molecule has 0 saturated heterocycles. The third-order valence-electron chi connectivity index (χ3n) is 2.64. The Bertz CT molecular complexity index is 355. The summed E-state index contributed by atoms with van der Waals surface area (Å²) >= 11 is 0. The summed E-state index contributed by atoms with van der Waals surface area (Å²) in [6.45, 7) is 3.85. The van der Waals surface area contributed by atoms with Gasteiger partial charge in [-0.2, -0.15) is 0 Å². The van der Waals surface area contributed by atoms with Gasteiger partial charge in [-0.1, -0.05) is 0 Å². The molecule has 0 aliphatic rings. The second-order valence-corrected chi connectivity index (χ2v) is 7.48. The van der Waals surface area contributed by atoms with Crippen LogP contribution >= 0.6 is 7.28 Å². The van der Waals surface area contributed by atoms with E-state index in [9.17, 15) is 14.7 Å². The molecule has 0 unspecified atom stereocenters. The molecule has 0 bridgehead atoms. The van der Waals surface area contributed by atoms with Crippen molar-refractivity contribution in [2.75, 3.05) is 6.16 Å². The minimum absolute atomic E-state index is 0.0341. The van der Waals surface area contributed by atoms with E-state index in [-0.39, 0.29) is 6.16 Å². The van der Waals surface area contributed by atoms with Gasteiger partial charge in [0.15, 0.2) is 0 Å². The molecule has 0 aliphatic heterocycles. The van der Waals surface area contributed by atoms with Gasteiger partial charge in [-0.05, 0) is 0 Å². The second kappa shape index (κ2) is 4.80. The fraction of sp³-hybridized carbons (Fsp3) is 0.500. The van der Waals surface area contributed by atoms with E-state index in [1.807, 2.05) is 26.0 Å². The molecule has 4 heteroatoms. The summed E-state index contributed by atoms with van der Waals surface area (Å²) in [5.41, 5.74) is 0.837. The first kappa shape index (κ1) is 13.6. The number of hydrogen-bond donors (Lipinski definition) is 3. The van der Waals surface area contributed by atoms with Gasteiger partial charge in [0.2, 0.25) is 0 Å². The predicted octanol–water partition coefficient (Wildman–Crippen LogP) is 1.95. The van der Waals surface area contributed by atoms with Gasteiger partial charge in [0.25, 0.3) is 0 Å². The first-order chi connectivity index (χ1) is 7.39. The zero-order valence-electron chi connectivity index (χ0n) is 9.93. The van der Waals surface area contributed by atoms with Crippen molar-refractivity contribution in [3.05, 3.63) is 29.8 Å². The van der Waals surface area contributed by atoms with Gasteiger partial charge in [0, 0.05) is 0 Å². The van der Waals surface area contributed by atoms with Gasteiger partial charge >= 0.3 is 96.4 Å². The minimum atomic E-state index is -4.63. The Morgan fingerprint density at radius 2 is 1.62 bits per heavy atom. The number of aryl methyl sites for hydroxylation is 1. The molecule has 1 rings (SSSR count). The molecule has 0 radical (unpaired) electrons. The molecule has 3 N–H and O–H groups in total. The Labute approximate surface area is 96.9 Å². The molecule has 0 heterocycles. The third-order valence-corrected chi connectivity index (χ3v) is 5.33. The van der Waals surface area contributed by atoms with Crippen LogP contribution in [0.1, 0.15) is 32.3 Å². The summed E-state index contributed by atoms with van der Waals surface area (Å²) in [5.74, 6) is 0. The van der Waals surface area contributed by atoms with E-state index in [4.69, 9.17) is 0 Å². The van der Waals surface area contributed by atoms with Crippen LogP contribution in [0.2, 0.25) is 0 Å². The van der Waals surface area contributed by atoms with Crippen LogP contribution in [0.25, 0.3) is 0 Å². The van der Waals surface area contributed by atoms with Crippen molar-refractivity contribution in [1.29, 1.82) is 0 Å². The van der Waals surface area contributed by atoms with Crippen molar-refractivity contribution < 1.29 is 14.7 Å². The molecule has 0 fully saturated rings. The SMILES string of the molecule is CCCc1ccccc1P(O)(O)(O)CCC. The average Bonchev–Trinajstić information content (AvgIpc) is 2.18. The van der Waals surface area contributed by atoms with Crippen molar-refractivity contribution in [1.82, 2.24) is 0 Å². The fourth-order valence-corrected chi connectivity index (χ4v) is 4.20. The van der Waals surface area contributed by atoms with E-state index >= 15 is 0 Å². The van der Waals surface area contributed by atoms with Crippen LogP contribution in [-0.2, 0) is 6.42 Å². The standard InChI is InChI=1S/C12H21O3P/c1-3-7-11-8-5-6-9-12(11)16(13,14,15)10-4-2/h5-6,8-9,13-15H,3-4,7,10H2,1-2H3. The van der Waals surface area contributed by atoms with Crippen molar-refractivity contribution in [3.63, 3.8) is 0 Å². The van der Waals surface area contributed by atoms with Crippen LogP contribution in [-0.4, -0.2) is 20.8 Å². The molecule has 0 aliphatic carbocycles. The Morgan fingerprint density at radius 3 is 2.19 bits per heavy atom. The van der Waals surface area contributed by atoms with E-state index in [1.54, 1.807) is 12.1 Å². The number of hydrogen-bond acceptors (Lipinski definition) is 3. The summed E-state index contributed by atoms with van der Waals surface area (Å²) in [6.07, 6.45) is 2.24. The summed E-state index contributed by atoms with van der Waals surface area (Å²) in [7, 11) is -4.63. The van der Waals surface area contributed by atoms with E-state index in [1.165, 1.54) is 0 Å². The summed E-state index contributed by atoms with van der Waals surface area (Å²) < 4.78 is 0. The van der Waals surface area contributed by atoms with Crippen molar-refractivity contribution >= 4 is 12.6 Å². The molecule has 0 atom stereocenters. The van der Waals surface area contributed by atoms with E-state index in [2.05, 4.69) is 0 Å². The Balaban J connectivity index is 3.20. The van der Waals surface area contributed by atoms with Crippen molar-refractivity contribution in [2.24, 2.45) is 0 Å². The Morgan fingerprint density at radius 1 is 1.00 bits per heavy atom. The molecule has 92 valence electrons. The van der Waals surface area contributed by atoms with Crippen LogP contribution in [0.15, 0.2) is 24.3 Å². The molecule has 1 aromatic rings. The van der Waals surface area contributed by atoms with Crippen LogP contribution in [0.4, 0.5) is 0 Å². The molecule has 16 heavy (non-hydrogen) atoms. The van der Waals surface area contributed by atoms with Gasteiger partial charge in [0.1, 0.15) is 0 Å². The summed E-state index contributed by atoms with van der Waals surface area (Å²) in [6, 6.07) is 7.05. The van der Waals surface area contributed by atoms with E-state index < -0.39 is 7.28 Å². The van der Waals surface area contributed by atoms with E-state index in [0.29, 0.717) is 11.7 Å². The summed E-state index contributed by atoms with van der Waals surface area (Å²) in [4.78, 5) is 30.3. The topological polar surface area (TPSA) is 60.7 Å². The molecular weight excluding hydrogens is 223 g/mol. The van der Waals surface area contributed by atoms with Gasteiger partial charge in [-0.25, -0.2) is 0 Å². The molecule has 0 spiro atoms.